The summed E-state index contributed by atoms with van der Waals surface area (Å²) in [6, 6.07) is 18.6. The van der Waals surface area contributed by atoms with Crippen molar-refractivity contribution in [2.75, 3.05) is 31.5 Å². The maximum absolute atomic E-state index is 14.0. The summed E-state index contributed by atoms with van der Waals surface area (Å²) in [5, 5.41) is 23.8. The Morgan fingerprint density at radius 2 is 1.67 bits per heavy atom. The molecule has 3 aliphatic heterocycles. The van der Waals surface area contributed by atoms with E-state index in [4.69, 9.17) is 16.6 Å². The second-order valence-corrected chi connectivity index (χ2v) is 16.1. The first-order valence-electron chi connectivity index (χ1n) is 18.7. The van der Waals surface area contributed by atoms with E-state index in [9.17, 15) is 24.3 Å². The van der Waals surface area contributed by atoms with Gasteiger partial charge in [-0.2, -0.15) is 0 Å². The van der Waals surface area contributed by atoms with Gasteiger partial charge in [-0.25, -0.2) is 4.79 Å². The number of aromatic nitrogens is 3. The number of carboxylic acids is 1. The van der Waals surface area contributed by atoms with Gasteiger partial charge in [0.2, 0.25) is 5.91 Å². The Hall–Kier alpha value is -6.10. The number of carbonyl (C=O) groups excluding carboxylic acids is 3. The zero-order valence-electron chi connectivity index (χ0n) is 31.5. The largest absolute Gasteiger partial charge is 0.478 e. The Balaban J connectivity index is 0.922. The van der Waals surface area contributed by atoms with Gasteiger partial charge in [-0.15, -0.1) is 21.5 Å². The van der Waals surface area contributed by atoms with E-state index >= 15 is 0 Å². The van der Waals surface area contributed by atoms with Crippen LogP contribution in [0.15, 0.2) is 71.7 Å². The average molecular weight is 800 g/mol. The molecule has 0 unspecified atom stereocenters. The number of nitrogens with zero attached hydrogens (tertiary/aromatic N) is 6. The highest BCUT2D eigenvalue weighted by atomic mass is 35.5. The van der Waals surface area contributed by atoms with E-state index in [0.29, 0.717) is 47.3 Å². The number of anilines is 1. The summed E-state index contributed by atoms with van der Waals surface area (Å²) in [7, 11) is 0. The van der Waals surface area contributed by atoms with Crippen molar-refractivity contribution in [1.29, 1.82) is 0 Å². The minimum atomic E-state index is -1.13. The van der Waals surface area contributed by atoms with Gasteiger partial charge in [0.1, 0.15) is 16.9 Å². The SMILES string of the molecule is Cc1sc2c(c1C)C(c1ccc(Cl)cc1)=N[C@@H](CC(=O)N1CCC(CNc3ccc(C(=O)O)c(C#CCN4C(=O)c5ccccc5C4=O)c3)CC1)c1nnc(C)n1-2. The summed E-state index contributed by atoms with van der Waals surface area (Å²) in [6.45, 7) is 7.77. The predicted molar refractivity (Wildman–Crippen MR) is 218 cm³/mol. The van der Waals surface area contributed by atoms with Crippen LogP contribution >= 0.6 is 22.9 Å². The van der Waals surface area contributed by atoms with Crippen LogP contribution in [0.2, 0.25) is 5.02 Å². The molecule has 14 heteroatoms. The summed E-state index contributed by atoms with van der Waals surface area (Å²) in [5.41, 5.74) is 5.54. The fourth-order valence-electron chi connectivity index (χ4n) is 7.62. The number of hydrogen-bond donors (Lipinski definition) is 2. The maximum atomic E-state index is 14.0. The molecule has 0 spiro atoms. The molecule has 8 rings (SSSR count). The highest BCUT2D eigenvalue weighted by Crippen LogP contribution is 2.40. The minimum absolute atomic E-state index is 0.00432. The van der Waals surface area contributed by atoms with Crippen molar-refractivity contribution in [3.63, 3.8) is 0 Å². The molecule has 5 aromatic rings. The first kappa shape index (κ1) is 37.8. The number of likely N-dealkylation sites (tertiary alicyclic amines) is 1. The number of fused-ring (bicyclic) bond motifs is 4. The number of carbonyl (C=O) groups is 4. The van der Waals surface area contributed by atoms with Crippen molar-refractivity contribution >= 4 is 58.0 Å². The predicted octanol–water partition coefficient (Wildman–Crippen LogP) is 6.89. The number of piperidine rings is 1. The van der Waals surface area contributed by atoms with E-state index in [1.165, 1.54) is 10.9 Å². The Kier molecular flexibility index (Phi) is 10.2. The number of thiophene rings is 1. The quantitative estimate of drug-likeness (QED) is 0.127. The number of aryl methyl sites for hydroxylation is 2. The summed E-state index contributed by atoms with van der Waals surface area (Å²) in [6.07, 6.45) is 1.72. The van der Waals surface area contributed by atoms with Crippen LogP contribution in [0.1, 0.15) is 95.2 Å². The number of imide groups is 1. The molecular weight excluding hydrogens is 762 g/mol. The van der Waals surface area contributed by atoms with E-state index in [-0.39, 0.29) is 35.9 Å². The van der Waals surface area contributed by atoms with E-state index in [0.717, 1.165) is 51.0 Å². The van der Waals surface area contributed by atoms with Crippen LogP contribution in [-0.4, -0.2) is 85.3 Å². The van der Waals surface area contributed by atoms with Crippen LogP contribution in [0.5, 0.6) is 0 Å². The molecule has 1 saturated heterocycles. The third-order valence-corrected chi connectivity index (χ3v) is 12.3. The zero-order valence-corrected chi connectivity index (χ0v) is 33.1. The lowest BCUT2D eigenvalue weighted by molar-refractivity contribution is -0.133. The number of hydrogen-bond acceptors (Lipinski definition) is 9. The van der Waals surface area contributed by atoms with Crippen LogP contribution in [0.25, 0.3) is 5.00 Å². The van der Waals surface area contributed by atoms with Crippen LogP contribution in [-0.2, 0) is 4.79 Å². The van der Waals surface area contributed by atoms with Crippen molar-refractivity contribution in [3.8, 4) is 16.8 Å². The summed E-state index contributed by atoms with van der Waals surface area (Å²) >= 11 is 7.93. The average Bonchev–Trinajstić information content (AvgIpc) is 3.78. The molecule has 0 radical (unpaired) electrons. The Morgan fingerprint density at radius 1 is 0.965 bits per heavy atom. The van der Waals surface area contributed by atoms with Gasteiger partial charge in [-0.1, -0.05) is 47.7 Å². The van der Waals surface area contributed by atoms with Gasteiger partial charge in [-0.05, 0) is 87.6 Å². The minimum Gasteiger partial charge on any atom is -0.478 e. The molecule has 3 aliphatic rings. The normalized spacial score (nSPS) is 16.3. The number of aromatic carboxylic acids is 1. The summed E-state index contributed by atoms with van der Waals surface area (Å²) in [5.74, 6) is 5.39. The Labute approximate surface area is 338 Å². The Bertz CT molecular complexity index is 2520. The first-order chi connectivity index (χ1) is 27.5. The van der Waals surface area contributed by atoms with E-state index in [1.807, 2.05) is 36.1 Å². The second-order valence-electron chi connectivity index (χ2n) is 14.4. The molecule has 57 heavy (non-hydrogen) atoms. The van der Waals surface area contributed by atoms with Crippen molar-refractivity contribution < 1.29 is 24.3 Å². The fourth-order valence-corrected chi connectivity index (χ4v) is 8.96. The lowest BCUT2D eigenvalue weighted by atomic mass is 9.96. The zero-order chi connectivity index (χ0) is 40.0. The number of nitrogens with one attached hydrogen (secondary N) is 1. The topological polar surface area (TPSA) is 150 Å². The molecule has 3 aromatic carbocycles. The number of carboxylic acid groups (broad SMARTS) is 1. The van der Waals surface area contributed by atoms with Gasteiger partial charge in [0, 0.05) is 51.9 Å². The molecule has 288 valence electrons. The number of halogens is 1. The van der Waals surface area contributed by atoms with Gasteiger partial charge in [-0.3, -0.25) is 28.8 Å². The highest BCUT2D eigenvalue weighted by Gasteiger charge is 2.35. The standard InChI is InChI=1S/C43H38ClN7O5S/c1-24-25(2)57-42-37(24)38(28-10-12-30(44)13-11-28)46-35(39-48-47-26(3)51(39)42)22-36(52)49-19-16-27(17-20-49)23-45-31-14-15-32(43(55)56)29(21-31)7-6-18-50-40(53)33-8-4-5-9-34(33)41(50)54/h4-5,8-15,21,27,35,45H,16-20,22-23H2,1-3H3,(H,55,56)/t35-/m0/s1. The highest BCUT2D eigenvalue weighted by molar-refractivity contribution is 7.15. The lowest BCUT2D eigenvalue weighted by Crippen LogP contribution is -2.40. The number of amides is 3. The monoisotopic (exact) mass is 799 g/mol. The van der Waals surface area contributed by atoms with Gasteiger partial charge in [0.25, 0.3) is 11.8 Å². The summed E-state index contributed by atoms with van der Waals surface area (Å²) < 4.78 is 2.05. The smallest absolute Gasteiger partial charge is 0.336 e. The van der Waals surface area contributed by atoms with Gasteiger partial charge < -0.3 is 15.3 Å². The van der Waals surface area contributed by atoms with Gasteiger partial charge in [0.05, 0.1) is 35.4 Å². The van der Waals surface area contributed by atoms with Gasteiger partial charge >= 0.3 is 5.97 Å². The molecule has 0 bridgehead atoms. The molecule has 0 aliphatic carbocycles. The maximum Gasteiger partial charge on any atom is 0.336 e. The van der Waals surface area contributed by atoms with Gasteiger partial charge in [0.15, 0.2) is 5.82 Å². The molecular formula is C43H38ClN7O5S. The van der Waals surface area contributed by atoms with Crippen LogP contribution in [0.3, 0.4) is 0 Å². The van der Waals surface area contributed by atoms with E-state index in [2.05, 4.69) is 45.8 Å². The third kappa shape index (κ3) is 7.22. The molecule has 2 aromatic heterocycles. The molecule has 12 nitrogen and oxygen atoms in total. The molecule has 5 heterocycles. The molecule has 1 atom stereocenters. The van der Waals surface area contributed by atoms with E-state index in [1.54, 1.807) is 47.7 Å². The van der Waals surface area contributed by atoms with Crippen molar-refractivity contribution in [1.82, 2.24) is 24.6 Å². The van der Waals surface area contributed by atoms with Crippen LogP contribution in [0, 0.1) is 38.5 Å². The van der Waals surface area contributed by atoms with E-state index < -0.39 is 23.8 Å². The summed E-state index contributed by atoms with van der Waals surface area (Å²) in [4.78, 5) is 60.8. The molecule has 3 amide bonds. The molecule has 2 N–H and O–H groups in total. The van der Waals surface area contributed by atoms with Crippen LogP contribution in [0.4, 0.5) is 5.69 Å². The number of benzene rings is 3. The van der Waals surface area contributed by atoms with Crippen molar-refractivity contribution in [3.05, 3.63) is 127 Å². The van der Waals surface area contributed by atoms with Crippen LogP contribution < -0.4 is 5.32 Å². The molecule has 0 saturated carbocycles. The third-order valence-electron chi connectivity index (χ3n) is 10.9. The lowest BCUT2D eigenvalue weighted by Gasteiger charge is -2.33. The second kappa shape index (κ2) is 15.4. The van der Waals surface area contributed by atoms with Crippen molar-refractivity contribution in [2.45, 2.75) is 46.1 Å². The van der Waals surface area contributed by atoms with Crippen molar-refractivity contribution in [2.24, 2.45) is 10.9 Å². The first-order valence-corrected chi connectivity index (χ1v) is 19.9. The number of rotatable bonds is 8. The fraction of sp³-hybridized carbons (Fsp3) is 0.279. The number of aliphatic imine (C=N–C) groups is 1. The Morgan fingerprint density at radius 3 is 2.35 bits per heavy atom. The molecule has 1 fully saturated rings.